The smallest absolute Gasteiger partial charge is 0.139 e. The molecule has 0 aromatic heterocycles. The summed E-state index contributed by atoms with van der Waals surface area (Å²) in [6.45, 7) is 2.24. The van der Waals surface area contributed by atoms with Gasteiger partial charge < -0.3 is 0 Å². The van der Waals surface area contributed by atoms with Crippen LogP contribution in [0.25, 0.3) is 0 Å². The van der Waals surface area contributed by atoms with Crippen LogP contribution >= 0.6 is 0 Å². The van der Waals surface area contributed by atoms with Gasteiger partial charge in [-0.1, -0.05) is 19.8 Å². The number of hydrogen-bond acceptors (Lipinski definition) is 1. The minimum atomic E-state index is 0.440. The largest absolute Gasteiger partial charge is 0.299 e. The molecule has 2 fully saturated rings. The highest BCUT2D eigenvalue weighted by Crippen LogP contribution is 2.38. The van der Waals surface area contributed by atoms with Gasteiger partial charge in [0.25, 0.3) is 0 Å². The van der Waals surface area contributed by atoms with Gasteiger partial charge in [-0.05, 0) is 31.6 Å². The highest BCUT2D eigenvalue weighted by Gasteiger charge is 2.36. The van der Waals surface area contributed by atoms with Crippen molar-refractivity contribution in [3.8, 4) is 0 Å². The Labute approximate surface area is 74.5 Å². The van der Waals surface area contributed by atoms with Gasteiger partial charge in [-0.3, -0.25) is 4.79 Å². The molecule has 1 heteroatoms. The van der Waals surface area contributed by atoms with Gasteiger partial charge in [0.1, 0.15) is 5.78 Å². The molecule has 0 radical (unpaired) electrons. The second-order valence-corrected chi connectivity index (χ2v) is 4.54. The van der Waals surface area contributed by atoms with Gasteiger partial charge in [-0.2, -0.15) is 0 Å². The minimum absolute atomic E-state index is 0.440. The molecular weight excluding hydrogens is 148 g/mol. The molecule has 0 spiro atoms. The molecule has 0 saturated heterocycles. The number of carbonyl (C=O) groups is 1. The lowest BCUT2D eigenvalue weighted by Crippen LogP contribution is -2.29. The molecule has 2 saturated carbocycles. The van der Waals surface area contributed by atoms with Crippen LogP contribution in [0.3, 0.4) is 0 Å². The summed E-state index contributed by atoms with van der Waals surface area (Å²) >= 11 is 0. The van der Waals surface area contributed by atoms with Crippen molar-refractivity contribution in [2.75, 3.05) is 0 Å². The monoisotopic (exact) mass is 166 g/mol. The van der Waals surface area contributed by atoms with Crippen LogP contribution in [0.5, 0.6) is 0 Å². The summed E-state index contributed by atoms with van der Waals surface area (Å²) in [5, 5.41) is 0. The average Bonchev–Trinajstić information content (AvgIpc) is 2.31. The van der Waals surface area contributed by atoms with Crippen LogP contribution in [0.4, 0.5) is 0 Å². The van der Waals surface area contributed by atoms with E-state index in [1.807, 2.05) is 0 Å². The first-order valence-corrected chi connectivity index (χ1v) is 5.33. The normalized spacial score (nSPS) is 36.4. The highest BCUT2D eigenvalue weighted by molar-refractivity contribution is 5.84. The molecule has 2 rings (SSSR count). The van der Waals surface area contributed by atoms with Crippen LogP contribution < -0.4 is 0 Å². The summed E-state index contributed by atoms with van der Waals surface area (Å²) in [6, 6.07) is 0. The van der Waals surface area contributed by atoms with E-state index in [2.05, 4.69) is 6.92 Å². The lowest BCUT2D eigenvalue weighted by molar-refractivity contribution is -0.130. The van der Waals surface area contributed by atoms with E-state index in [0.29, 0.717) is 23.5 Å². The summed E-state index contributed by atoms with van der Waals surface area (Å²) in [7, 11) is 0. The topological polar surface area (TPSA) is 17.1 Å². The maximum absolute atomic E-state index is 11.8. The SMILES string of the molecule is CC1CCCC1C(=O)C1CCC1. The summed E-state index contributed by atoms with van der Waals surface area (Å²) in [4.78, 5) is 11.8. The number of hydrogen-bond donors (Lipinski definition) is 0. The molecule has 0 aliphatic heterocycles. The van der Waals surface area contributed by atoms with E-state index >= 15 is 0 Å². The van der Waals surface area contributed by atoms with Crippen molar-refractivity contribution in [2.45, 2.75) is 45.4 Å². The molecule has 0 amide bonds. The second-order valence-electron chi connectivity index (χ2n) is 4.54. The molecule has 0 aromatic carbocycles. The molecular formula is C11H18O. The third-order valence-corrected chi connectivity index (χ3v) is 3.73. The molecule has 2 atom stereocenters. The summed E-state index contributed by atoms with van der Waals surface area (Å²) in [6.07, 6.45) is 7.39. The van der Waals surface area contributed by atoms with Crippen molar-refractivity contribution in [1.29, 1.82) is 0 Å². The van der Waals surface area contributed by atoms with Crippen LogP contribution in [-0.2, 0) is 4.79 Å². The van der Waals surface area contributed by atoms with Crippen molar-refractivity contribution in [1.82, 2.24) is 0 Å². The predicted octanol–water partition coefficient (Wildman–Crippen LogP) is 2.79. The first kappa shape index (κ1) is 8.28. The fourth-order valence-corrected chi connectivity index (χ4v) is 2.56. The van der Waals surface area contributed by atoms with Crippen molar-refractivity contribution < 1.29 is 4.79 Å². The van der Waals surface area contributed by atoms with Crippen LogP contribution in [0.15, 0.2) is 0 Å². The molecule has 0 bridgehead atoms. The number of Topliss-reactive ketones (excluding diaryl/α,β-unsaturated/α-hetero) is 1. The molecule has 12 heavy (non-hydrogen) atoms. The standard InChI is InChI=1S/C11H18O/c1-8-4-2-7-10(8)11(12)9-5-3-6-9/h8-10H,2-7H2,1H3. The minimum Gasteiger partial charge on any atom is -0.299 e. The van der Waals surface area contributed by atoms with Gasteiger partial charge in [0.2, 0.25) is 0 Å². The van der Waals surface area contributed by atoms with Gasteiger partial charge in [0.15, 0.2) is 0 Å². The molecule has 0 aromatic rings. The van der Waals surface area contributed by atoms with Gasteiger partial charge in [-0.15, -0.1) is 0 Å². The first-order valence-electron chi connectivity index (χ1n) is 5.33. The quantitative estimate of drug-likeness (QED) is 0.616. The number of carbonyl (C=O) groups excluding carboxylic acids is 1. The Kier molecular flexibility index (Phi) is 2.20. The molecule has 1 nitrogen and oxygen atoms in total. The molecule has 0 N–H and O–H groups in total. The Morgan fingerprint density at radius 1 is 1.08 bits per heavy atom. The summed E-state index contributed by atoms with van der Waals surface area (Å²) < 4.78 is 0. The van der Waals surface area contributed by atoms with Crippen LogP contribution in [0.1, 0.15) is 45.4 Å². The lowest BCUT2D eigenvalue weighted by Gasteiger charge is -2.28. The van der Waals surface area contributed by atoms with E-state index in [0.717, 1.165) is 0 Å². The zero-order valence-electron chi connectivity index (χ0n) is 7.88. The Hall–Kier alpha value is -0.330. The highest BCUT2D eigenvalue weighted by atomic mass is 16.1. The molecule has 2 unspecified atom stereocenters. The van der Waals surface area contributed by atoms with E-state index in [9.17, 15) is 4.79 Å². The van der Waals surface area contributed by atoms with Crippen LogP contribution in [-0.4, -0.2) is 5.78 Å². The molecule has 68 valence electrons. The zero-order valence-corrected chi connectivity index (χ0v) is 7.88. The molecule has 0 heterocycles. The fourth-order valence-electron chi connectivity index (χ4n) is 2.56. The lowest BCUT2D eigenvalue weighted by atomic mass is 9.75. The van der Waals surface area contributed by atoms with Crippen LogP contribution in [0.2, 0.25) is 0 Å². The molecule has 2 aliphatic rings. The van der Waals surface area contributed by atoms with Crippen molar-refractivity contribution in [3.05, 3.63) is 0 Å². The predicted molar refractivity (Wildman–Crippen MR) is 48.9 cm³/mol. The second kappa shape index (κ2) is 3.20. The van der Waals surface area contributed by atoms with Crippen molar-refractivity contribution >= 4 is 5.78 Å². The van der Waals surface area contributed by atoms with E-state index in [-0.39, 0.29) is 0 Å². The Morgan fingerprint density at radius 3 is 2.17 bits per heavy atom. The van der Waals surface area contributed by atoms with Gasteiger partial charge in [0.05, 0.1) is 0 Å². The third kappa shape index (κ3) is 1.30. The Morgan fingerprint density at radius 2 is 1.75 bits per heavy atom. The van der Waals surface area contributed by atoms with E-state index in [1.54, 1.807) is 0 Å². The number of ketones is 1. The maximum atomic E-state index is 11.8. The van der Waals surface area contributed by atoms with E-state index in [4.69, 9.17) is 0 Å². The maximum Gasteiger partial charge on any atom is 0.139 e. The van der Waals surface area contributed by atoms with Gasteiger partial charge >= 0.3 is 0 Å². The number of rotatable bonds is 2. The van der Waals surface area contributed by atoms with Gasteiger partial charge in [-0.25, -0.2) is 0 Å². The van der Waals surface area contributed by atoms with E-state index in [1.165, 1.54) is 38.5 Å². The van der Waals surface area contributed by atoms with Gasteiger partial charge in [0, 0.05) is 11.8 Å². The fraction of sp³-hybridized carbons (Fsp3) is 0.909. The average molecular weight is 166 g/mol. The Bertz CT molecular complexity index is 181. The molecule has 2 aliphatic carbocycles. The van der Waals surface area contributed by atoms with Crippen molar-refractivity contribution in [3.63, 3.8) is 0 Å². The zero-order chi connectivity index (χ0) is 8.55. The third-order valence-electron chi connectivity index (χ3n) is 3.73. The first-order chi connectivity index (χ1) is 5.79. The summed E-state index contributed by atoms with van der Waals surface area (Å²) in [5.41, 5.74) is 0. The Balaban J connectivity index is 1.93. The summed E-state index contributed by atoms with van der Waals surface area (Å²) in [5.74, 6) is 2.19. The van der Waals surface area contributed by atoms with Crippen molar-refractivity contribution in [2.24, 2.45) is 17.8 Å². The van der Waals surface area contributed by atoms with E-state index < -0.39 is 0 Å². The van der Waals surface area contributed by atoms with Crippen LogP contribution in [0, 0.1) is 17.8 Å².